The Morgan fingerprint density at radius 3 is 2.95 bits per heavy atom. The maximum Gasteiger partial charge on any atom is 0.271 e. The monoisotopic (exact) mass is 378 g/mol. The van der Waals surface area contributed by atoms with Crippen LogP contribution in [0.3, 0.4) is 0 Å². The lowest BCUT2D eigenvalue weighted by Crippen LogP contribution is -2.23. The van der Waals surface area contributed by atoms with Crippen LogP contribution in [0.25, 0.3) is 10.6 Å². The molecule has 0 spiro atoms. The zero-order chi connectivity index (χ0) is 14.7. The molecule has 106 valence electrons. The summed E-state index contributed by atoms with van der Waals surface area (Å²) in [6, 6.07) is 9.87. The van der Waals surface area contributed by atoms with Crippen molar-refractivity contribution in [1.29, 1.82) is 0 Å². The van der Waals surface area contributed by atoms with Gasteiger partial charge in [-0.25, -0.2) is 4.98 Å². The van der Waals surface area contributed by atoms with Crippen LogP contribution in [0.4, 0.5) is 0 Å². The summed E-state index contributed by atoms with van der Waals surface area (Å²) >= 11 is 6.53. The van der Waals surface area contributed by atoms with Crippen LogP contribution in [0.15, 0.2) is 50.9 Å². The molecule has 0 aliphatic carbocycles. The normalized spacial score (nSPS) is 10.5. The van der Waals surface area contributed by atoms with Crippen LogP contribution in [0.5, 0.6) is 0 Å². The first kappa shape index (κ1) is 14.4. The van der Waals surface area contributed by atoms with Crippen LogP contribution < -0.4 is 5.32 Å². The predicted octanol–water partition coefficient (Wildman–Crippen LogP) is 4.56. The van der Waals surface area contributed by atoms with E-state index in [0.29, 0.717) is 12.2 Å². The molecule has 3 aromatic rings. The highest BCUT2D eigenvalue weighted by molar-refractivity contribution is 9.10. The summed E-state index contributed by atoms with van der Waals surface area (Å²) < 4.78 is 1.00. The molecule has 0 radical (unpaired) electrons. The second-order valence-electron chi connectivity index (χ2n) is 4.36. The van der Waals surface area contributed by atoms with Gasteiger partial charge in [0, 0.05) is 27.3 Å². The van der Waals surface area contributed by atoms with Crippen LogP contribution in [0.2, 0.25) is 0 Å². The first-order valence-corrected chi connectivity index (χ1v) is 8.84. The Kier molecular flexibility index (Phi) is 4.48. The van der Waals surface area contributed by atoms with Gasteiger partial charge >= 0.3 is 0 Å². The number of hydrogen-bond donors (Lipinski definition) is 1. The topological polar surface area (TPSA) is 42.0 Å². The second kappa shape index (κ2) is 6.51. The van der Waals surface area contributed by atoms with Gasteiger partial charge in [0.1, 0.15) is 10.7 Å². The fourth-order valence-corrected chi connectivity index (χ4v) is 3.78. The summed E-state index contributed by atoms with van der Waals surface area (Å²) in [7, 11) is 0. The number of thiophene rings is 1. The van der Waals surface area contributed by atoms with E-state index in [4.69, 9.17) is 0 Å². The first-order chi connectivity index (χ1) is 10.2. The number of aromatic nitrogens is 1. The molecule has 6 heteroatoms. The third-order valence-corrected chi connectivity index (χ3v) is 4.91. The van der Waals surface area contributed by atoms with Gasteiger partial charge in [-0.15, -0.1) is 11.3 Å². The molecule has 2 aromatic heterocycles. The molecule has 0 aliphatic rings. The van der Waals surface area contributed by atoms with Gasteiger partial charge in [0.25, 0.3) is 5.91 Å². The van der Waals surface area contributed by atoms with Gasteiger partial charge in [0.2, 0.25) is 0 Å². The van der Waals surface area contributed by atoms with Crippen molar-refractivity contribution in [2.24, 2.45) is 0 Å². The largest absolute Gasteiger partial charge is 0.347 e. The van der Waals surface area contributed by atoms with Crippen molar-refractivity contribution < 1.29 is 4.79 Å². The van der Waals surface area contributed by atoms with Crippen molar-refractivity contribution in [1.82, 2.24) is 10.3 Å². The van der Waals surface area contributed by atoms with Crippen LogP contribution in [0, 0.1) is 0 Å². The molecule has 3 rings (SSSR count). The van der Waals surface area contributed by atoms with Crippen molar-refractivity contribution >= 4 is 44.5 Å². The number of nitrogens with zero attached hydrogens (tertiary/aromatic N) is 1. The van der Waals surface area contributed by atoms with Crippen molar-refractivity contribution in [2.45, 2.75) is 6.54 Å². The number of thiazole rings is 1. The number of rotatable bonds is 4. The van der Waals surface area contributed by atoms with Gasteiger partial charge in [-0.2, -0.15) is 11.3 Å². The molecule has 0 aliphatic heterocycles. The molecular weight excluding hydrogens is 368 g/mol. The van der Waals surface area contributed by atoms with E-state index < -0.39 is 0 Å². The molecular formula is C15H11BrN2OS2. The standard InChI is InChI=1S/C15H11BrN2OS2/c16-12-3-1-2-10(6-12)7-17-14(19)13-9-21-15(18-13)11-4-5-20-8-11/h1-6,8-9H,7H2,(H,17,19). The minimum Gasteiger partial charge on any atom is -0.347 e. The highest BCUT2D eigenvalue weighted by atomic mass is 79.9. The zero-order valence-electron chi connectivity index (χ0n) is 10.9. The van der Waals surface area contributed by atoms with E-state index >= 15 is 0 Å². The highest BCUT2D eigenvalue weighted by Gasteiger charge is 2.11. The number of hydrogen-bond acceptors (Lipinski definition) is 4. The average molecular weight is 379 g/mol. The van der Waals surface area contributed by atoms with Crippen molar-refractivity contribution in [3.8, 4) is 10.6 Å². The molecule has 1 N–H and O–H groups in total. The SMILES string of the molecule is O=C(NCc1cccc(Br)c1)c1csc(-c2ccsc2)n1. The summed E-state index contributed by atoms with van der Waals surface area (Å²) in [5, 5.41) is 9.60. The van der Waals surface area contributed by atoms with Crippen molar-refractivity contribution in [2.75, 3.05) is 0 Å². The Hall–Kier alpha value is -1.50. The number of halogens is 1. The fourth-order valence-electron chi connectivity index (χ4n) is 1.82. The molecule has 0 atom stereocenters. The number of amides is 1. The fraction of sp³-hybridized carbons (Fsp3) is 0.0667. The van der Waals surface area contributed by atoms with Crippen LogP contribution in [-0.2, 0) is 6.54 Å². The summed E-state index contributed by atoms with van der Waals surface area (Å²) in [4.78, 5) is 16.5. The van der Waals surface area contributed by atoms with Gasteiger partial charge in [0.05, 0.1) is 0 Å². The van der Waals surface area contributed by atoms with E-state index in [9.17, 15) is 4.79 Å². The molecule has 0 unspecified atom stereocenters. The van der Waals surface area contributed by atoms with Crippen molar-refractivity contribution in [3.63, 3.8) is 0 Å². The van der Waals surface area contributed by atoms with Gasteiger partial charge in [-0.1, -0.05) is 28.1 Å². The quantitative estimate of drug-likeness (QED) is 0.722. The molecule has 0 saturated heterocycles. The Bertz CT molecular complexity index is 753. The summed E-state index contributed by atoms with van der Waals surface area (Å²) in [6.07, 6.45) is 0. The Balaban J connectivity index is 1.66. The third kappa shape index (κ3) is 3.58. The predicted molar refractivity (Wildman–Crippen MR) is 90.7 cm³/mol. The Morgan fingerprint density at radius 1 is 1.29 bits per heavy atom. The number of nitrogens with one attached hydrogen (secondary N) is 1. The van der Waals surface area contributed by atoms with E-state index in [1.165, 1.54) is 11.3 Å². The molecule has 1 amide bonds. The molecule has 0 fully saturated rings. The second-order valence-corrected chi connectivity index (χ2v) is 6.92. The average Bonchev–Trinajstić information content (AvgIpc) is 3.15. The van der Waals surface area contributed by atoms with Crippen LogP contribution >= 0.6 is 38.6 Å². The number of carbonyl (C=O) groups is 1. The maximum atomic E-state index is 12.1. The number of benzene rings is 1. The van der Waals surface area contributed by atoms with Gasteiger partial charge in [0.15, 0.2) is 0 Å². The van der Waals surface area contributed by atoms with Crippen LogP contribution in [0.1, 0.15) is 16.1 Å². The molecule has 0 saturated carbocycles. The van der Waals surface area contributed by atoms with E-state index in [1.54, 1.807) is 16.7 Å². The zero-order valence-corrected chi connectivity index (χ0v) is 14.1. The van der Waals surface area contributed by atoms with Crippen molar-refractivity contribution in [3.05, 3.63) is 62.2 Å². The first-order valence-electron chi connectivity index (χ1n) is 6.23. The maximum absolute atomic E-state index is 12.1. The number of carbonyl (C=O) groups excluding carboxylic acids is 1. The van der Waals surface area contributed by atoms with E-state index in [1.807, 2.05) is 41.1 Å². The minimum atomic E-state index is -0.146. The van der Waals surface area contributed by atoms with E-state index in [0.717, 1.165) is 20.6 Å². The lowest BCUT2D eigenvalue weighted by molar-refractivity contribution is 0.0946. The van der Waals surface area contributed by atoms with Gasteiger partial charge in [-0.3, -0.25) is 4.79 Å². The molecule has 1 aromatic carbocycles. The van der Waals surface area contributed by atoms with Crippen LogP contribution in [-0.4, -0.2) is 10.9 Å². The lowest BCUT2D eigenvalue weighted by Gasteiger charge is -2.03. The summed E-state index contributed by atoms with van der Waals surface area (Å²) in [6.45, 7) is 0.490. The summed E-state index contributed by atoms with van der Waals surface area (Å²) in [5.74, 6) is -0.146. The molecule has 3 nitrogen and oxygen atoms in total. The molecule has 0 bridgehead atoms. The highest BCUT2D eigenvalue weighted by Crippen LogP contribution is 2.25. The Labute approximate surface area is 138 Å². The Morgan fingerprint density at radius 2 is 2.19 bits per heavy atom. The van der Waals surface area contributed by atoms with E-state index in [-0.39, 0.29) is 5.91 Å². The summed E-state index contributed by atoms with van der Waals surface area (Å²) in [5.41, 5.74) is 2.58. The minimum absolute atomic E-state index is 0.146. The molecule has 2 heterocycles. The molecule has 21 heavy (non-hydrogen) atoms. The third-order valence-electron chi connectivity index (χ3n) is 2.85. The lowest BCUT2D eigenvalue weighted by atomic mass is 10.2. The van der Waals surface area contributed by atoms with Gasteiger partial charge in [-0.05, 0) is 29.1 Å². The smallest absolute Gasteiger partial charge is 0.271 e. The van der Waals surface area contributed by atoms with Gasteiger partial charge < -0.3 is 5.32 Å². The van der Waals surface area contributed by atoms with E-state index in [2.05, 4.69) is 26.2 Å².